The molecule has 4 heteroatoms. The van der Waals surface area contributed by atoms with E-state index in [0.29, 0.717) is 6.61 Å². The molecule has 0 radical (unpaired) electrons. The Morgan fingerprint density at radius 3 is 2.86 bits per heavy atom. The van der Waals surface area contributed by atoms with Gasteiger partial charge < -0.3 is 4.74 Å². The number of rotatable bonds is 4. The predicted octanol–water partition coefficient (Wildman–Crippen LogP) is 2.87. The molecule has 0 aromatic heterocycles. The number of hydroxylamine groups is 2. The maximum Gasteiger partial charge on any atom is 0.326 e. The zero-order valence-electron chi connectivity index (χ0n) is 12.4. The fraction of sp³-hybridized carbons (Fsp3) is 0.471. The molecule has 1 aliphatic heterocycles. The summed E-state index contributed by atoms with van der Waals surface area (Å²) < 4.78 is 5.25. The smallest absolute Gasteiger partial charge is 0.326 e. The Morgan fingerprint density at radius 1 is 1.38 bits per heavy atom. The molecule has 0 N–H and O–H groups in total. The van der Waals surface area contributed by atoms with Gasteiger partial charge in [-0.1, -0.05) is 42.5 Å². The van der Waals surface area contributed by atoms with Gasteiger partial charge in [0.2, 0.25) is 0 Å². The van der Waals surface area contributed by atoms with Crippen LogP contribution in [0.4, 0.5) is 0 Å². The van der Waals surface area contributed by atoms with Gasteiger partial charge in [-0.2, -0.15) is 5.06 Å². The largest absolute Gasteiger partial charge is 0.465 e. The van der Waals surface area contributed by atoms with Crippen LogP contribution in [0.25, 0.3) is 0 Å². The van der Waals surface area contributed by atoms with Gasteiger partial charge in [-0.05, 0) is 25.8 Å². The van der Waals surface area contributed by atoms with Crippen LogP contribution in [0.3, 0.4) is 0 Å². The molecule has 0 unspecified atom stereocenters. The van der Waals surface area contributed by atoms with Crippen molar-refractivity contribution >= 4 is 5.97 Å². The summed E-state index contributed by atoms with van der Waals surface area (Å²) in [6.45, 7) is 4.29. The predicted molar refractivity (Wildman–Crippen MR) is 79.2 cm³/mol. The van der Waals surface area contributed by atoms with E-state index in [4.69, 9.17) is 9.57 Å². The van der Waals surface area contributed by atoms with Gasteiger partial charge in [0, 0.05) is 5.92 Å². The minimum absolute atomic E-state index is 0.00538. The SMILES string of the molecule is CCOC(=O)[C@H]1[C@@H]2C=C[C@@H](C2)ON1[C@@H](C)c1ccccc1. The van der Waals surface area contributed by atoms with Gasteiger partial charge in [0.1, 0.15) is 6.04 Å². The lowest BCUT2D eigenvalue weighted by Gasteiger charge is -2.41. The third kappa shape index (κ3) is 2.74. The van der Waals surface area contributed by atoms with Gasteiger partial charge >= 0.3 is 5.97 Å². The molecule has 1 fully saturated rings. The maximum atomic E-state index is 12.4. The first-order valence-corrected chi connectivity index (χ1v) is 7.55. The minimum atomic E-state index is -0.366. The van der Waals surface area contributed by atoms with Crippen molar-refractivity contribution in [1.29, 1.82) is 0 Å². The van der Waals surface area contributed by atoms with E-state index < -0.39 is 0 Å². The summed E-state index contributed by atoms with van der Waals surface area (Å²) in [5.74, 6) is -0.0238. The molecule has 21 heavy (non-hydrogen) atoms. The molecule has 1 aromatic rings. The summed E-state index contributed by atoms with van der Waals surface area (Å²) in [7, 11) is 0. The fourth-order valence-corrected chi connectivity index (χ4v) is 3.13. The lowest BCUT2D eigenvalue weighted by atomic mass is 9.95. The van der Waals surface area contributed by atoms with Crippen LogP contribution in [0.1, 0.15) is 31.9 Å². The third-order valence-electron chi connectivity index (χ3n) is 4.21. The quantitative estimate of drug-likeness (QED) is 0.630. The van der Waals surface area contributed by atoms with E-state index in [1.165, 1.54) is 0 Å². The number of ether oxygens (including phenoxy) is 1. The van der Waals surface area contributed by atoms with Crippen LogP contribution in [0.15, 0.2) is 42.5 Å². The number of carbonyl (C=O) groups is 1. The monoisotopic (exact) mass is 287 g/mol. The van der Waals surface area contributed by atoms with Crippen molar-refractivity contribution < 1.29 is 14.4 Å². The summed E-state index contributed by atoms with van der Waals surface area (Å²) in [4.78, 5) is 18.4. The van der Waals surface area contributed by atoms with Crippen LogP contribution in [0, 0.1) is 5.92 Å². The number of carbonyl (C=O) groups excluding carboxylic acids is 1. The lowest BCUT2D eigenvalue weighted by Crippen LogP contribution is -2.51. The van der Waals surface area contributed by atoms with Crippen LogP contribution in [0.5, 0.6) is 0 Å². The fourth-order valence-electron chi connectivity index (χ4n) is 3.13. The second kappa shape index (κ2) is 6.00. The van der Waals surface area contributed by atoms with Gasteiger partial charge in [0.05, 0.1) is 18.8 Å². The molecular weight excluding hydrogens is 266 g/mol. The van der Waals surface area contributed by atoms with Crippen molar-refractivity contribution in [3.63, 3.8) is 0 Å². The highest BCUT2D eigenvalue weighted by Gasteiger charge is 2.45. The molecule has 4 nitrogen and oxygen atoms in total. The highest BCUT2D eigenvalue weighted by molar-refractivity contribution is 5.76. The average Bonchev–Trinajstić information content (AvgIpc) is 2.88. The standard InChI is InChI=1S/C17H21NO3/c1-3-20-17(19)16-14-9-10-15(11-14)21-18(16)12(2)13-7-5-4-6-8-13/h4-10,12,14-16H,3,11H2,1-2H3/t12-,14+,15-,16+/m0/s1. The second-order valence-corrected chi connectivity index (χ2v) is 5.57. The van der Waals surface area contributed by atoms with Gasteiger partial charge in [0.15, 0.2) is 0 Å². The molecule has 0 spiro atoms. The second-order valence-electron chi connectivity index (χ2n) is 5.57. The first-order chi connectivity index (χ1) is 10.2. The zero-order valence-corrected chi connectivity index (χ0v) is 12.4. The van der Waals surface area contributed by atoms with E-state index in [2.05, 4.69) is 31.2 Å². The minimum Gasteiger partial charge on any atom is -0.465 e. The van der Waals surface area contributed by atoms with Crippen LogP contribution >= 0.6 is 0 Å². The molecule has 1 heterocycles. The highest BCUT2D eigenvalue weighted by atomic mass is 16.7. The van der Waals surface area contributed by atoms with E-state index >= 15 is 0 Å². The van der Waals surface area contributed by atoms with E-state index in [1.807, 2.05) is 30.2 Å². The Balaban J connectivity index is 1.86. The molecule has 1 aromatic carbocycles. The number of nitrogens with zero attached hydrogens (tertiary/aromatic N) is 1. The number of benzene rings is 1. The molecule has 3 rings (SSSR count). The van der Waals surface area contributed by atoms with Crippen molar-refractivity contribution in [2.24, 2.45) is 5.92 Å². The summed E-state index contributed by atoms with van der Waals surface area (Å²) in [6, 6.07) is 9.74. The van der Waals surface area contributed by atoms with Gasteiger partial charge in [-0.25, -0.2) is 0 Å². The molecule has 0 saturated carbocycles. The molecule has 1 saturated heterocycles. The van der Waals surface area contributed by atoms with E-state index in [-0.39, 0.29) is 30.1 Å². The van der Waals surface area contributed by atoms with Crippen LogP contribution < -0.4 is 0 Å². The average molecular weight is 287 g/mol. The van der Waals surface area contributed by atoms with Crippen LogP contribution in [-0.4, -0.2) is 29.8 Å². The Hall–Kier alpha value is -1.65. The van der Waals surface area contributed by atoms with E-state index in [9.17, 15) is 4.79 Å². The van der Waals surface area contributed by atoms with Gasteiger partial charge in [-0.3, -0.25) is 9.63 Å². The third-order valence-corrected chi connectivity index (χ3v) is 4.21. The lowest BCUT2D eigenvalue weighted by molar-refractivity contribution is -0.262. The van der Waals surface area contributed by atoms with Crippen molar-refractivity contribution in [2.75, 3.05) is 6.61 Å². The molecule has 2 aliphatic rings. The summed E-state index contributed by atoms with van der Waals surface area (Å²) in [5, 5.41) is 1.83. The molecular formula is C17H21NO3. The molecule has 2 bridgehead atoms. The Labute approximate surface area is 125 Å². The van der Waals surface area contributed by atoms with Crippen LogP contribution in [-0.2, 0) is 14.4 Å². The van der Waals surface area contributed by atoms with Crippen LogP contribution in [0.2, 0.25) is 0 Å². The van der Waals surface area contributed by atoms with Crippen molar-refractivity contribution in [1.82, 2.24) is 5.06 Å². The van der Waals surface area contributed by atoms with Crippen molar-refractivity contribution in [3.05, 3.63) is 48.0 Å². The van der Waals surface area contributed by atoms with Gasteiger partial charge in [0.25, 0.3) is 0 Å². The molecule has 1 aliphatic carbocycles. The Morgan fingerprint density at radius 2 is 2.14 bits per heavy atom. The molecule has 112 valence electrons. The van der Waals surface area contributed by atoms with E-state index in [0.717, 1.165) is 12.0 Å². The molecule has 0 amide bonds. The summed E-state index contributed by atoms with van der Waals surface area (Å²) in [6.07, 6.45) is 5.08. The first-order valence-electron chi connectivity index (χ1n) is 7.55. The van der Waals surface area contributed by atoms with E-state index in [1.54, 1.807) is 0 Å². The zero-order chi connectivity index (χ0) is 14.8. The van der Waals surface area contributed by atoms with Crippen molar-refractivity contribution in [3.8, 4) is 0 Å². The summed E-state index contributed by atoms with van der Waals surface area (Å²) >= 11 is 0. The number of hydrogen-bond acceptors (Lipinski definition) is 4. The first kappa shape index (κ1) is 14.3. The van der Waals surface area contributed by atoms with Crippen molar-refractivity contribution in [2.45, 2.75) is 38.5 Å². The topological polar surface area (TPSA) is 38.8 Å². The number of esters is 1. The highest BCUT2D eigenvalue weighted by Crippen LogP contribution is 2.38. The summed E-state index contributed by atoms with van der Waals surface area (Å²) in [5.41, 5.74) is 1.13. The number of fused-ring (bicyclic) bond motifs is 2. The maximum absolute atomic E-state index is 12.4. The Kier molecular flexibility index (Phi) is 4.08. The van der Waals surface area contributed by atoms with Gasteiger partial charge in [-0.15, -0.1) is 0 Å². The molecule has 4 atom stereocenters. The number of hydrogen-bond donors (Lipinski definition) is 0. The Bertz CT molecular complexity index is 528. The normalized spacial score (nSPS) is 29.3.